The lowest BCUT2D eigenvalue weighted by atomic mass is 9.77. The summed E-state index contributed by atoms with van der Waals surface area (Å²) in [5.41, 5.74) is -2.19. The first-order valence-corrected chi connectivity index (χ1v) is 12.6. The fraction of sp³-hybridized carbons (Fsp3) is 0.500. The van der Waals surface area contributed by atoms with Crippen molar-refractivity contribution in [1.29, 1.82) is 0 Å². The fourth-order valence-electron chi connectivity index (χ4n) is 5.80. The molecule has 0 amide bonds. The second-order valence-electron chi connectivity index (χ2n) is 10.8. The van der Waals surface area contributed by atoms with Crippen LogP contribution in [0.1, 0.15) is 37.9 Å². The third-order valence-corrected chi connectivity index (χ3v) is 7.65. The molecule has 0 radical (unpaired) electrons. The third-order valence-electron chi connectivity index (χ3n) is 7.65. The smallest absolute Gasteiger partial charge is 0.433 e. The van der Waals surface area contributed by atoms with Crippen LogP contribution in [0.25, 0.3) is 5.65 Å². The number of piperidine rings is 1. The summed E-state index contributed by atoms with van der Waals surface area (Å²) in [6, 6.07) is 5.32. The maximum atomic E-state index is 13.2. The Morgan fingerprint density at radius 2 is 1.80 bits per heavy atom. The van der Waals surface area contributed by atoms with Gasteiger partial charge in [-0.25, -0.2) is 0 Å². The fourth-order valence-corrected chi connectivity index (χ4v) is 5.80. The zero-order valence-electron chi connectivity index (χ0n) is 21.7. The maximum absolute atomic E-state index is 13.2. The Hall–Kier alpha value is -3.55. The zero-order valence-corrected chi connectivity index (χ0v) is 21.7. The molecule has 0 unspecified atom stereocenters. The van der Waals surface area contributed by atoms with Gasteiger partial charge in [0.1, 0.15) is 5.69 Å². The number of fused-ring (bicyclic) bond motifs is 3. The Kier molecular flexibility index (Phi) is 6.67. The molecule has 2 N–H and O–H groups in total. The van der Waals surface area contributed by atoms with Gasteiger partial charge >= 0.3 is 12.4 Å². The summed E-state index contributed by atoms with van der Waals surface area (Å²) in [6.07, 6.45) is -4.70. The Bertz CT molecular complexity index is 1400. The standard InChI is InChI=1S/C26H28F6N6O2/c1-4-24(15-5-6-16(24)13-37(12-15)17-9-10-33-19(11-17)26(30,31)32)35-22-34-21-18(23(2,3)39)7-8-20(38(21)36-22)40-14-25(27,28)29/h4,7-11,15-16,39H,1,5-6,12-14H2,2-3H3,(H,35,36)/t15-,16+,24-. The minimum atomic E-state index is -4.57. The predicted molar refractivity (Wildman–Crippen MR) is 134 cm³/mol. The highest BCUT2D eigenvalue weighted by atomic mass is 19.4. The average Bonchev–Trinajstić information content (AvgIpc) is 3.33. The van der Waals surface area contributed by atoms with E-state index in [1.807, 2.05) is 4.90 Å². The minimum absolute atomic E-state index is 0.0763. The Labute approximate surface area is 225 Å². The van der Waals surface area contributed by atoms with Crippen molar-refractivity contribution >= 4 is 17.3 Å². The number of halogens is 6. The van der Waals surface area contributed by atoms with E-state index in [-0.39, 0.29) is 29.3 Å². The zero-order chi connectivity index (χ0) is 29.1. The first kappa shape index (κ1) is 28.0. The van der Waals surface area contributed by atoms with Crippen molar-refractivity contribution in [2.45, 2.75) is 50.2 Å². The summed E-state index contributed by atoms with van der Waals surface area (Å²) in [6.45, 7) is 6.39. The number of hydrogen-bond donors (Lipinski definition) is 2. The summed E-state index contributed by atoms with van der Waals surface area (Å²) in [7, 11) is 0. The molecule has 3 aromatic rings. The van der Waals surface area contributed by atoms with Gasteiger partial charge in [-0.2, -0.15) is 35.8 Å². The van der Waals surface area contributed by atoms with Crippen molar-refractivity contribution in [2.75, 3.05) is 29.9 Å². The van der Waals surface area contributed by atoms with E-state index in [1.165, 1.54) is 26.0 Å². The average molecular weight is 571 g/mol. The lowest BCUT2D eigenvalue weighted by Gasteiger charge is -2.47. The number of alkyl halides is 6. The number of pyridine rings is 2. The summed E-state index contributed by atoms with van der Waals surface area (Å²) in [5, 5.41) is 18.4. The van der Waals surface area contributed by atoms with Gasteiger partial charge in [-0.3, -0.25) is 4.98 Å². The van der Waals surface area contributed by atoms with Gasteiger partial charge in [0.05, 0.1) is 11.1 Å². The molecule has 4 heterocycles. The SMILES string of the molecule is C=C[C@@]1(Nc2nc3c(C(C)(C)O)ccc(OCC(F)(F)F)n3n2)[C@@H]2CC[C@H]1CN(c1ccnc(C(F)(F)F)c1)C2. The van der Waals surface area contributed by atoms with Crippen LogP contribution in [0.5, 0.6) is 5.88 Å². The highest BCUT2D eigenvalue weighted by Crippen LogP contribution is 2.48. The summed E-state index contributed by atoms with van der Waals surface area (Å²) >= 11 is 0. The van der Waals surface area contributed by atoms with Crippen molar-refractivity contribution < 1.29 is 36.2 Å². The van der Waals surface area contributed by atoms with Gasteiger partial charge in [-0.15, -0.1) is 11.7 Å². The molecule has 2 bridgehead atoms. The lowest BCUT2D eigenvalue weighted by molar-refractivity contribution is -0.154. The Balaban J connectivity index is 1.46. The molecule has 216 valence electrons. The van der Waals surface area contributed by atoms with Crippen molar-refractivity contribution in [3.8, 4) is 5.88 Å². The Morgan fingerprint density at radius 3 is 2.38 bits per heavy atom. The summed E-state index contributed by atoms with van der Waals surface area (Å²) < 4.78 is 84.4. The molecule has 2 aliphatic rings. The van der Waals surface area contributed by atoms with Gasteiger partial charge < -0.3 is 20.1 Å². The van der Waals surface area contributed by atoms with E-state index in [4.69, 9.17) is 4.74 Å². The monoisotopic (exact) mass is 570 g/mol. The molecule has 0 aromatic carbocycles. The maximum Gasteiger partial charge on any atom is 0.433 e. The topological polar surface area (TPSA) is 87.8 Å². The van der Waals surface area contributed by atoms with Crippen molar-refractivity contribution in [2.24, 2.45) is 11.8 Å². The second kappa shape index (κ2) is 9.53. The minimum Gasteiger partial charge on any atom is -0.468 e. The second-order valence-corrected chi connectivity index (χ2v) is 10.8. The number of ether oxygens (including phenoxy) is 1. The van der Waals surface area contributed by atoms with Crippen LogP contribution >= 0.6 is 0 Å². The predicted octanol–water partition coefficient (Wildman–Crippen LogP) is 5.19. The van der Waals surface area contributed by atoms with E-state index in [2.05, 4.69) is 27.0 Å². The van der Waals surface area contributed by atoms with Crippen LogP contribution in [0, 0.1) is 11.8 Å². The van der Waals surface area contributed by atoms with E-state index in [0.29, 0.717) is 24.3 Å². The third kappa shape index (κ3) is 5.16. The molecule has 2 fully saturated rings. The van der Waals surface area contributed by atoms with Gasteiger partial charge in [0.2, 0.25) is 11.8 Å². The van der Waals surface area contributed by atoms with Crippen molar-refractivity contribution in [3.63, 3.8) is 0 Å². The number of hydrogen-bond acceptors (Lipinski definition) is 7. The Morgan fingerprint density at radius 1 is 1.12 bits per heavy atom. The molecular weight excluding hydrogens is 542 g/mol. The number of anilines is 2. The highest BCUT2D eigenvalue weighted by Gasteiger charge is 2.53. The first-order chi connectivity index (χ1) is 18.6. The van der Waals surface area contributed by atoms with Gasteiger partial charge in [0, 0.05) is 48.4 Å². The van der Waals surface area contributed by atoms with Crippen LogP contribution in [-0.4, -0.2) is 56.1 Å². The van der Waals surface area contributed by atoms with E-state index < -0.39 is 35.8 Å². The van der Waals surface area contributed by atoms with E-state index in [1.54, 1.807) is 12.1 Å². The van der Waals surface area contributed by atoms with Crippen molar-refractivity contribution in [1.82, 2.24) is 19.6 Å². The number of nitrogens with one attached hydrogen (secondary N) is 1. The molecule has 3 aromatic heterocycles. The molecular formula is C26H28F6N6O2. The van der Waals surface area contributed by atoms with Crippen LogP contribution in [0.4, 0.5) is 38.0 Å². The number of rotatable bonds is 7. The molecule has 1 saturated heterocycles. The van der Waals surface area contributed by atoms with Crippen LogP contribution in [0.15, 0.2) is 43.1 Å². The summed E-state index contributed by atoms with van der Waals surface area (Å²) in [5.74, 6) is -0.258. The van der Waals surface area contributed by atoms with Gasteiger partial charge in [0.25, 0.3) is 0 Å². The quantitative estimate of drug-likeness (QED) is 0.299. The molecule has 0 spiro atoms. The molecule has 1 aliphatic carbocycles. The van der Waals surface area contributed by atoms with Crippen LogP contribution in [-0.2, 0) is 11.8 Å². The molecule has 3 atom stereocenters. The summed E-state index contributed by atoms with van der Waals surface area (Å²) in [4.78, 5) is 9.86. The normalized spacial score (nSPS) is 23.5. The van der Waals surface area contributed by atoms with Crippen LogP contribution < -0.4 is 15.0 Å². The highest BCUT2D eigenvalue weighted by molar-refractivity contribution is 5.57. The molecule has 5 rings (SSSR count). The molecule has 8 nitrogen and oxygen atoms in total. The number of aliphatic hydroxyl groups is 1. The first-order valence-electron chi connectivity index (χ1n) is 12.6. The molecule has 40 heavy (non-hydrogen) atoms. The van der Waals surface area contributed by atoms with Gasteiger partial charge in [0.15, 0.2) is 12.3 Å². The lowest BCUT2D eigenvalue weighted by Crippen LogP contribution is -2.57. The van der Waals surface area contributed by atoms with Crippen molar-refractivity contribution in [3.05, 3.63) is 54.4 Å². The van der Waals surface area contributed by atoms with E-state index in [0.717, 1.165) is 29.6 Å². The van der Waals surface area contributed by atoms with Crippen LogP contribution in [0.3, 0.4) is 0 Å². The van der Waals surface area contributed by atoms with Gasteiger partial charge in [-0.05, 0) is 44.9 Å². The van der Waals surface area contributed by atoms with Crippen LogP contribution in [0.2, 0.25) is 0 Å². The number of nitrogens with zero attached hydrogens (tertiary/aromatic N) is 5. The largest absolute Gasteiger partial charge is 0.468 e. The molecule has 14 heteroatoms. The molecule has 1 aliphatic heterocycles. The molecule has 1 saturated carbocycles. The van der Waals surface area contributed by atoms with E-state index in [9.17, 15) is 31.4 Å². The van der Waals surface area contributed by atoms with E-state index >= 15 is 0 Å². The number of aromatic nitrogens is 4. The van der Waals surface area contributed by atoms with Gasteiger partial charge in [-0.1, -0.05) is 6.08 Å².